The molecule has 0 bridgehead atoms. The number of piperidine rings is 1. The molecule has 1 fully saturated rings. The Hall–Kier alpha value is -3.68. The van der Waals surface area contributed by atoms with Gasteiger partial charge in [0.15, 0.2) is 0 Å². The number of fused-ring (bicyclic) bond motifs is 1. The number of hydrogen-bond acceptors (Lipinski definition) is 6. The molecule has 1 aliphatic rings. The summed E-state index contributed by atoms with van der Waals surface area (Å²) in [5, 5.41) is 8.38. The second-order valence-electron chi connectivity index (χ2n) is 11.6. The van der Waals surface area contributed by atoms with Gasteiger partial charge < -0.3 is 14.0 Å². The Morgan fingerprint density at radius 2 is 1.64 bits per heavy atom. The molecule has 0 radical (unpaired) electrons. The van der Waals surface area contributed by atoms with E-state index in [4.69, 9.17) is 19.9 Å². The molecule has 3 aromatic carbocycles. The Morgan fingerprint density at radius 1 is 0.932 bits per heavy atom. The molecule has 0 amide bonds. The molecule has 2 atom stereocenters. The van der Waals surface area contributed by atoms with Gasteiger partial charge in [-0.3, -0.25) is 15.1 Å². The minimum absolute atomic E-state index is 0. The number of rotatable bonds is 12. The van der Waals surface area contributed by atoms with E-state index < -0.39 is 0 Å². The van der Waals surface area contributed by atoms with Crippen LogP contribution in [0.1, 0.15) is 70.4 Å². The number of unbranched alkanes of at least 4 members (excludes halogenated alkanes) is 2. The second kappa shape index (κ2) is 15.9. The average molecular weight is 619 g/mol. The van der Waals surface area contributed by atoms with Crippen molar-refractivity contribution in [3.63, 3.8) is 0 Å². The number of ether oxygens (including phenoxy) is 2. The first-order chi connectivity index (χ1) is 21.0. The van der Waals surface area contributed by atoms with Crippen molar-refractivity contribution in [2.24, 2.45) is 0 Å². The molecule has 1 aliphatic heterocycles. The molecule has 2 heterocycles. The van der Waals surface area contributed by atoms with Gasteiger partial charge in [0.1, 0.15) is 18.1 Å². The number of nitrogens with zero attached hydrogens (tertiary/aromatic N) is 3. The lowest BCUT2D eigenvalue weighted by Crippen LogP contribution is -2.44. The fraction of sp³-hybridized carbons (Fsp3) is 0.417. The Kier molecular flexibility index (Phi) is 12.0. The predicted molar refractivity (Wildman–Crippen MR) is 181 cm³/mol. The predicted octanol–water partition coefficient (Wildman–Crippen LogP) is 7.86. The third kappa shape index (κ3) is 7.88. The molecule has 7 nitrogen and oxygen atoms in total. The summed E-state index contributed by atoms with van der Waals surface area (Å²) in [6.45, 7) is 9.02. The van der Waals surface area contributed by atoms with Crippen molar-refractivity contribution in [3.05, 3.63) is 94.3 Å². The van der Waals surface area contributed by atoms with Gasteiger partial charge in [-0.05, 0) is 88.9 Å². The summed E-state index contributed by atoms with van der Waals surface area (Å²) in [5.74, 6) is 0.602. The minimum atomic E-state index is -0.151. The van der Waals surface area contributed by atoms with Gasteiger partial charge in [0.05, 0.1) is 17.6 Å². The summed E-state index contributed by atoms with van der Waals surface area (Å²) >= 11 is 0. The van der Waals surface area contributed by atoms with E-state index in [-0.39, 0.29) is 23.9 Å². The number of aryl methyl sites for hydroxylation is 1. The zero-order chi connectivity index (χ0) is 30.2. The number of nitrogens with one attached hydrogen (secondary N) is 1. The highest BCUT2D eigenvalue weighted by atomic mass is 35.5. The van der Waals surface area contributed by atoms with Crippen LogP contribution in [-0.2, 0) is 17.9 Å². The molecule has 0 spiro atoms. The van der Waals surface area contributed by atoms with Crippen LogP contribution in [0, 0.1) is 5.41 Å². The van der Waals surface area contributed by atoms with E-state index in [0.29, 0.717) is 54.4 Å². The van der Waals surface area contributed by atoms with Crippen molar-refractivity contribution in [2.75, 3.05) is 13.2 Å². The summed E-state index contributed by atoms with van der Waals surface area (Å²) < 4.78 is 13.6. The fourth-order valence-corrected chi connectivity index (χ4v) is 6.19. The van der Waals surface area contributed by atoms with Crippen molar-refractivity contribution in [2.45, 2.75) is 84.5 Å². The summed E-state index contributed by atoms with van der Waals surface area (Å²) in [7, 11) is 0. The maximum absolute atomic E-state index is 14.2. The lowest BCUT2D eigenvalue weighted by atomic mass is 9.97. The highest BCUT2D eigenvalue weighted by Crippen LogP contribution is 2.31. The SMILES string of the molecule is CCO[14C](=N)c1ccc(OCc2ccccc2)c(-c2nc3ccccc3n(CCCCCN3[C@H](C)CCC[C@@H]3C)c2=O)c1.Cl. The molecule has 5 rings (SSSR count). The van der Waals surface area contributed by atoms with Crippen molar-refractivity contribution >= 4 is 29.3 Å². The van der Waals surface area contributed by atoms with Crippen LogP contribution in [0.15, 0.2) is 77.6 Å². The molecular formula is C36H45ClN4O3. The van der Waals surface area contributed by atoms with Gasteiger partial charge in [0.25, 0.3) is 5.56 Å². The smallest absolute Gasteiger partial charge is 0.277 e. The molecule has 1 N–H and O–H groups in total. The van der Waals surface area contributed by atoms with Crippen molar-refractivity contribution in [3.8, 4) is 17.0 Å². The summed E-state index contributed by atoms with van der Waals surface area (Å²) in [5.41, 5.74) is 3.93. The van der Waals surface area contributed by atoms with Crippen molar-refractivity contribution < 1.29 is 9.47 Å². The number of para-hydroxylation sites is 2. The standard InChI is InChI=1S/C36H44N4O3.ClH/c1-4-42-35(37)29-20-21-33(43-25-28-16-7-5-8-17-28)30(24-29)34-36(41)40(32-19-10-9-18-31(32)38-34)23-12-6-11-22-39-26(2)14-13-15-27(39)3;/h5,7-10,16-21,24,26-27,37H,4,6,11-15,22-23,25H2,1-3H3;1H/t26-,27+;/i35+2;. The summed E-state index contributed by atoms with van der Waals surface area (Å²) in [6, 6.07) is 24.5. The van der Waals surface area contributed by atoms with Crippen LogP contribution in [0.2, 0.25) is 0 Å². The molecule has 0 unspecified atom stereocenters. The van der Waals surface area contributed by atoms with E-state index in [2.05, 4.69) is 18.7 Å². The molecule has 1 aromatic heterocycles. The third-order valence-electron chi connectivity index (χ3n) is 8.55. The maximum atomic E-state index is 14.2. The van der Waals surface area contributed by atoms with Crippen LogP contribution < -0.4 is 10.3 Å². The summed E-state index contributed by atoms with van der Waals surface area (Å²) in [4.78, 5) is 21.7. The number of likely N-dealkylation sites (tertiary alicyclic amines) is 1. The Labute approximate surface area is 267 Å². The zero-order valence-electron chi connectivity index (χ0n) is 26.1. The first-order valence-corrected chi connectivity index (χ1v) is 15.7. The van der Waals surface area contributed by atoms with E-state index in [1.807, 2.05) is 72.2 Å². The zero-order valence-corrected chi connectivity index (χ0v) is 26.9. The van der Waals surface area contributed by atoms with Crippen molar-refractivity contribution in [1.29, 1.82) is 5.41 Å². The van der Waals surface area contributed by atoms with Crippen LogP contribution in [-0.4, -0.2) is 45.6 Å². The number of benzene rings is 3. The normalized spacial score (nSPS) is 16.8. The van der Waals surface area contributed by atoms with E-state index >= 15 is 0 Å². The van der Waals surface area contributed by atoms with E-state index in [9.17, 15) is 4.79 Å². The first-order valence-electron chi connectivity index (χ1n) is 15.7. The van der Waals surface area contributed by atoms with Gasteiger partial charge in [-0.2, -0.15) is 0 Å². The number of aromatic nitrogens is 2. The Bertz CT molecular complexity index is 1580. The summed E-state index contributed by atoms with van der Waals surface area (Å²) in [6.07, 6.45) is 6.99. The largest absolute Gasteiger partial charge is 0.488 e. The second-order valence-corrected chi connectivity index (χ2v) is 11.6. The minimum Gasteiger partial charge on any atom is -0.488 e. The highest BCUT2D eigenvalue weighted by Gasteiger charge is 2.24. The van der Waals surface area contributed by atoms with E-state index in [0.717, 1.165) is 42.4 Å². The molecule has 0 saturated carbocycles. The molecular weight excluding hydrogens is 574 g/mol. The Balaban J connectivity index is 0.00000442. The fourth-order valence-electron chi connectivity index (χ4n) is 6.19. The van der Waals surface area contributed by atoms with Crippen LogP contribution >= 0.6 is 12.4 Å². The maximum Gasteiger partial charge on any atom is 0.277 e. The van der Waals surface area contributed by atoms with Crippen LogP contribution in [0.4, 0.5) is 0 Å². The molecule has 8 heteroatoms. The van der Waals surface area contributed by atoms with Gasteiger partial charge in [-0.15, -0.1) is 12.4 Å². The van der Waals surface area contributed by atoms with Gasteiger partial charge in [-0.1, -0.05) is 55.3 Å². The molecule has 4 aromatic rings. The van der Waals surface area contributed by atoms with Gasteiger partial charge in [-0.25, -0.2) is 4.98 Å². The molecule has 1 saturated heterocycles. The molecule has 44 heavy (non-hydrogen) atoms. The lowest BCUT2D eigenvalue weighted by molar-refractivity contribution is 0.101. The monoisotopic (exact) mass is 618 g/mol. The van der Waals surface area contributed by atoms with E-state index in [1.54, 1.807) is 12.1 Å². The van der Waals surface area contributed by atoms with Crippen LogP contribution in [0.5, 0.6) is 5.75 Å². The van der Waals surface area contributed by atoms with Gasteiger partial charge in [0.2, 0.25) is 5.90 Å². The topological polar surface area (TPSA) is 80.4 Å². The molecule has 234 valence electrons. The first kappa shape index (κ1) is 33.2. The van der Waals surface area contributed by atoms with E-state index in [1.165, 1.54) is 19.3 Å². The lowest BCUT2D eigenvalue weighted by Gasteiger charge is -2.39. The average Bonchev–Trinajstić information content (AvgIpc) is 3.02. The van der Waals surface area contributed by atoms with Crippen LogP contribution in [0.25, 0.3) is 22.3 Å². The third-order valence-corrected chi connectivity index (χ3v) is 8.55. The highest BCUT2D eigenvalue weighted by molar-refractivity contribution is 5.94. The number of halogens is 1. The Morgan fingerprint density at radius 3 is 2.39 bits per heavy atom. The van der Waals surface area contributed by atoms with Crippen molar-refractivity contribution in [1.82, 2.24) is 14.5 Å². The van der Waals surface area contributed by atoms with Gasteiger partial charge in [0, 0.05) is 29.8 Å². The van der Waals surface area contributed by atoms with Crippen LogP contribution in [0.3, 0.4) is 0 Å². The quantitative estimate of drug-likeness (QED) is 0.0993. The number of hydrogen-bond donors (Lipinski definition) is 1. The molecule has 0 aliphatic carbocycles. The van der Waals surface area contributed by atoms with Gasteiger partial charge >= 0.3 is 0 Å².